The predicted octanol–water partition coefficient (Wildman–Crippen LogP) is 5.00. The zero-order chi connectivity index (χ0) is 22.3. The summed E-state index contributed by atoms with van der Waals surface area (Å²) in [5.41, 5.74) is 5.84. The lowest BCUT2D eigenvalue weighted by Gasteiger charge is -2.30. The molecule has 2 aliphatic rings. The van der Waals surface area contributed by atoms with Gasteiger partial charge in [0.2, 0.25) is 0 Å². The second kappa shape index (κ2) is 7.88. The summed E-state index contributed by atoms with van der Waals surface area (Å²) < 4.78 is 5.66. The maximum Gasteiger partial charge on any atom is 0.337 e. The van der Waals surface area contributed by atoms with Gasteiger partial charge in [0.25, 0.3) is 0 Å². The van der Waals surface area contributed by atoms with E-state index in [1.807, 2.05) is 64.1 Å². The number of rotatable bonds is 4. The summed E-state index contributed by atoms with van der Waals surface area (Å²) in [6.07, 6.45) is 0.452. The second-order valence-corrected chi connectivity index (χ2v) is 8.02. The van der Waals surface area contributed by atoms with E-state index in [0.717, 1.165) is 16.7 Å². The van der Waals surface area contributed by atoms with Gasteiger partial charge in [-0.05, 0) is 43.9 Å². The molecule has 1 aliphatic carbocycles. The Kier molecular flexibility index (Phi) is 5.24. The van der Waals surface area contributed by atoms with Crippen LogP contribution in [0.5, 0.6) is 0 Å². The number of nitrogens with zero attached hydrogens (tertiary/aromatic N) is 1. The van der Waals surface area contributed by atoms with Crippen LogP contribution in [0.4, 0.5) is 0 Å². The van der Waals surface area contributed by atoms with E-state index in [9.17, 15) is 14.9 Å². The maximum absolute atomic E-state index is 13.2. The van der Waals surface area contributed by atoms with Crippen LogP contribution in [0.25, 0.3) is 11.1 Å². The molecule has 1 heterocycles. The van der Waals surface area contributed by atoms with Crippen molar-refractivity contribution in [2.45, 2.75) is 46.1 Å². The first-order valence-electron chi connectivity index (χ1n) is 10.5. The van der Waals surface area contributed by atoms with Gasteiger partial charge in [-0.25, -0.2) is 4.79 Å². The number of ketones is 1. The molecule has 0 saturated carbocycles. The van der Waals surface area contributed by atoms with E-state index < -0.39 is 11.9 Å². The van der Waals surface area contributed by atoms with Crippen molar-refractivity contribution in [1.82, 2.24) is 5.32 Å². The van der Waals surface area contributed by atoms with Gasteiger partial charge < -0.3 is 10.1 Å². The Hall–Kier alpha value is -3.65. The van der Waals surface area contributed by atoms with Crippen LogP contribution < -0.4 is 5.32 Å². The Morgan fingerprint density at radius 1 is 1.10 bits per heavy atom. The molecule has 4 rings (SSSR count). The van der Waals surface area contributed by atoms with E-state index in [1.54, 1.807) is 6.07 Å². The number of nitriles is 1. The molecule has 1 N–H and O–H groups in total. The topological polar surface area (TPSA) is 79.2 Å². The number of carbonyl (C=O) groups excluding carboxylic acids is 2. The molecule has 0 aromatic heterocycles. The molecule has 0 amide bonds. The average Bonchev–Trinajstić information content (AvgIpc) is 3.05. The molecular weight excluding hydrogens is 388 g/mol. The molecule has 31 heavy (non-hydrogen) atoms. The lowest BCUT2D eigenvalue weighted by Crippen LogP contribution is -2.30. The summed E-state index contributed by atoms with van der Waals surface area (Å²) in [6.45, 7) is 7.45. The highest BCUT2D eigenvalue weighted by Gasteiger charge is 2.39. The van der Waals surface area contributed by atoms with Crippen molar-refractivity contribution in [3.63, 3.8) is 0 Å². The van der Waals surface area contributed by atoms with E-state index in [1.165, 1.54) is 0 Å². The highest BCUT2D eigenvalue weighted by molar-refractivity contribution is 6.22. The minimum atomic E-state index is -0.614. The van der Waals surface area contributed by atoms with Crippen molar-refractivity contribution in [1.29, 1.82) is 5.26 Å². The predicted molar refractivity (Wildman–Crippen MR) is 118 cm³/mol. The van der Waals surface area contributed by atoms with Crippen LogP contribution in [-0.2, 0) is 9.53 Å². The highest BCUT2D eigenvalue weighted by Crippen LogP contribution is 2.47. The molecule has 2 aromatic rings. The summed E-state index contributed by atoms with van der Waals surface area (Å²) in [4.78, 5) is 26.2. The van der Waals surface area contributed by atoms with Crippen molar-refractivity contribution in [3.05, 3.63) is 81.7 Å². The third-order valence-electron chi connectivity index (χ3n) is 6.08. The smallest absolute Gasteiger partial charge is 0.337 e. The van der Waals surface area contributed by atoms with Crippen molar-refractivity contribution in [3.8, 4) is 17.2 Å². The number of esters is 1. The second-order valence-electron chi connectivity index (χ2n) is 8.02. The zero-order valence-corrected chi connectivity index (χ0v) is 18.1. The number of hydrogen-bond acceptors (Lipinski definition) is 5. The molecule has 0 spiro atoms. The number of ether oxygens (including phenoxy) is 1. The van der Waals surface area contributed by atoms with Gasteiger partial charge >= 0.3 is 5.97 Å². The number of hydrogen-bond donors (Lipinski definition) is 1. The summed E-state index contributed by atoms with van der Waals surface area (Å²) in [7, 11) is 0. The molecule has 5 heteroatoms. The minimum absolute atomic E-state index is 0.0370. The monoisotopic (exact) mass is 412 g/mol. The van der Waals surface area contributed by atoms with E-state index in [4.69, 9.17) is 4.74 Å². The van der Waals surface area contributed by atoms with Crippen LogP contribution in [0.1, 0.15) is 61.5 Å². The minimum Gasteiger partial charge on any atom is -0.459 e. The number of carbonyl (C=O) groups is 2. The van der Waals surface area contributed by atoms with E-state index in [2.05, 4.69) is 11.4 Å². The highest BCUT2D eigenvalue weighted by atomic mass is 16.5. The summed E-state index contributed by atoms with van der Waals surface area (Å²) in [5, 5.41) is 13.2. The van der Waals surface area contributed by atoms with E-state index >= 15 is 0 Å². The van der Waals surface area contributed by atoms with E-state index in [0.29, 0.717) is 40.1 Å². The summed E-state index contributed by atoms with van der Waals surface area (Å²) in [6, 6.07) is 15.3. The van der Waals surface area contributed by atoms with Crippen molar-refractivity contribution in [2.75, 3.05) is 0 Å². The fourth-order valence-corrected chi connectivity index (χ4v) is 4.40. The molecule has 0 unspecified atom stereocenters. The zero-order valence-electron chi connectivity index (χ0n) is 18.1. The lowest BCUT2D eigenvalue weighted by molar-refractivity contribution is -0.143. The van der Waals surface area contributed by atoms with Crippen LogP contribution in [0.3, 0.4) is 0 Å². The quantitative estimate of drug-likeness (QED) is 0.610. The summed E-state index contributed by atoms with van der Waals surface area (Å²) >= 11 is 0. The molecule has 0 bridgehead atoms. The Bertz CT molecular complexity index is 1210. The third kappa shape index (κ3) is 3.25. The first kappa shape index (κ1) is 20.6. The Balaban J connectivity index is 1.96. The lowest BCUT2D eigenvalue weighted by atomic mass is 9.78. The number of nitrogens with one attached hydrogen (secondary N) is 1. The molecule has 5 nitrogen and oxygen atoms in total. The van der Waals surface area contributed by atoms with Gasteiger partial charge in [-0.15, -0.1) is 0 Å². The molecule has 1 aliphatic heterocycles. The van der Waals surface area contributed by atoms with E-state index in [-0.39, 0.29) is 11.9 Å². The average molecular weight is 412 g/mol. The molecular formula is C26H24N2O3. The fraction of sp³-hybridized carbons (Fsp3) is 0.269. The number of allylic oxidation sites excluding steroid dienone is 3. The van der Waals surface area contributed by atoms with Crippen LogP contribution in [0, 0.1) is 11.3 Å². The molecule has 156 valence electrons. The fourth-order valence-electron chi connectivity index (χ4n) is 4.40. The van der Waals surface area contributed by atoms with Crippen LogP contribution in [0.2, 0.25) is 0 Å². The van der Waals surface area contributed by atoms with Gasteiger partial charge in [-0.3, -0.25) is 4.79 Å². The number of fused-ring (bicyclic) bond motifs is 3. The van der Waals surface area contributed by atoms with Gasteiger partial charge in [0.05, 0.1) is 29.2 Å². The molecule has 2 aromatic carbocycles. The van der Waals surface area contributed by atoms with Gasteiger partial charge in [-0.2, -0.15) is 5.26 Å². The molecule has 0 radical (unpaired) electrons. The summed E-state index contributed by atoms with van der Waals surface area (Å²) in [5.74, 6) is -1.10. The number of benzene rings is 2. The van der Waals surface area contributed by atoms with Crippen molar-refractivity contribution in [2.24, 2.45) is 0 Å². The molecule has 0 fully saturated rings. The largest absolute Gasteiger partial charge is 0.459 e. The van der Waals surface area contributed by atoms with Crippen LogP contribution in [-0.4, -0.2) is 17.9 Å². The molecule has 2 atom stereocenters. The van der Waals surface area contributed by atoms with Crippen LogP contribution in [0.15, 0.2) is 65.0 Å². The van der Waals surface area contributed by atoms with Gasteiger partial charge in [0, 0.05) is 22.5 Å². The normalized spacial score (nSPS) is 18.2. The first-order valence-corrected chi connectivity index (χ1v) is 10.5. The maximum atomic E-state index is 13.2. The Morgan fingerprint density at radius 2 is 1.77 bits per heavy atom. The third-order valence-corrected chi connectivity index (χ3v) is 6.08. The Morgan fingerprint density at radius 3 is 2.45 bits per heavy atom. The van der Waals surface area contributed by atoms with Gasteiger partial charge in [0.15, 0.2) is 5.78 Å². The SMILES string of the molecule is CC[C@@H](C)OC(=O)C1=C(C)NC(C)=C(C#N)[C@@H]1c1cccc2c1-c1ccccc1C2=O. The number of dihydropyridines is 1. The van der Waals surface area contributed by atoms with Crippen LogP contribution >= 0.6 is 0 Å². The van der Waals surface area contributed by atoms with Crippen molar-refractivity contribution < 1.29 is 14.3 Å². The first-order chi connectivity index (χ1) is 14.9. The molecule has 0 saturated heterocycles. The van der Waals surface area contributed by atoms with Gasteiger partial charge in [-0.1, -0.05) is 49.4 Å². The standard InChI is InChI=1S/C26H24N2O3/c1-5-14(2)31-26(30)22-16(4)28-15(3)21(13-27)24(22)19-11-8-12-20-23(19)17-9-6-7-10-18(17)25(20)29/h6-12,14,24,28H,5H2,1-4H3/t14-,24+/m1/s1. The Labute approximate surface area is 182 Å². The van der Waals surface area contributed by atoms with Crippen molar-refractivity contribution >= 4 is 11.8 Å². The van der Waals surface area contributed by atoms with Gasteiger partial charge in [0.1, 0.15) is 0 Å².